The quantitative estimate of drug-likeness (QED) is 0.524. The van der Waals surface area contributed by atoms with Crippen molar-refractivity contribution in [3.8, 4) is 0 Å². The zero-order valence-corrected chi connectivity index (χ0v) is 16.6. The molecule has 5 nitrogen and oxygen atoms in total. The van der Waals surface area contributed by atoms with Crippen LogP contribution in [0.4, 0.5) is 0 Å². The van der Waals surface area contributed by atoms with E-state index in [0.717, 1.165) is 56.5 Å². The molecule has 2 aliphatic rings. The molecule has 3 N–H and O–H groups in total. The van der Waals surface area contributed by atoms with E-state index in [4.69, 9.17) is 0 Å². The van der Waals surface area contributed by atoms with Crippen molar-refractivity contribution in [2.45, 2.75) is 44.4 Å². The second kappa shape index (κ2) is 9.62. The smallest absolute Gasteiger partial charge is 0.191 e. The highest BCUT2D eigenvalue weighted by atomic mass is 32.2. The third-order valence-corrected chi connectivity index (χ3v) is 6.29. The summed E-state index contributed by atoms with van der Waals surface area (Å²) in [5.74, 6) is 2.67. The first-order chi connectivity index (χ1) is 12.7. The molecule has 0 aliphatic carbocycles. The Bertz CT molecular complexity index is 574. The lowest BCUT2D eigenvalue weighted by atomic mass is 10.0. The standard InChI is InChI=1S/C20H32N4OS/c1-2-21-19(22-15-20(25)10-12-26-16-20)23-18-9-6-11-24(14-18)13-17-7-4-3-5-8-17/h3-5,7-8,18,25H,2,6,9-16H2,1H3,(H2,21,22,23). The van der Waals surface area contributed by atoms with Crippen LogP contribution in [0, 0.1) is 0 Å². The highest BCUT2D eigenvalue weighted by Gasteiger charge is 2.31. The van der Waals surface area contributed by atoms with Crippen LogP contribution in [-0.2, 0) is 6.54 Å². The van der Waals surface area contributed by atoms with Gasteiger partial charge in [-0.3, -0.25) is 9.89 Å². The van der Waals surface area contributed by atoms with Crippen molar-refractivity contribution in [1.29, 1.82) is 0 Å². The SMILES string of the molecule is CCNC(=NCC1(O)CCSC1)NC1CCCN(Cc2ccccc2)C1. The number of benzene rings is 1. The molecule has 144 valence electrons. The summed E-state index contributed by atoms with van der Waals surface area (Å²) in [6, 6.07) is 11.1. The molecule has 0 spiro atoms. The molecule has 0 bridgehead atoms. The van der Waals surface area contributed by atoms with Crippen molar-refractivity contribution in [1.82, 2.24) is 15.5 Å². The monoisotopic (exact) mass is 376 g/mol. The molecule has 0 radical (unpaired) electrons. The summed E-state index contributed by atoms with van der Waals surface area (Å²) < 4.78 is 0. The highest BCUT2D eigenvalue weighted by molar-refractivity contribution is 7.99. The Labute approximate surface area is 161 Å². The first-order valence-electron chi connectivity index (χ1n) is 9.78. The molecule has 26 heavy (non-hydrogen) atoms. The molecule has 0 aromatic heterocycles. The molecule has 0 saturated carbocycles. The van der Waals surface area contributed by atoms with Crippen molar-refractivity contribution in [3.63, 3.8) is 0 Å². The minimum atomic E-state index is -0.626. The van der Waals surface area contributed by atoms with Gasteiger partial charge in [0.15, 0.2) is 5.96 Å². The molecule has 2 aliphatic heterocycles. The molecule has 1 aromatic carbocycles. The molecule has 6 heteroatoms. The lowest BCUT2D eigenvalue weighted by Crippen LogP contribution is -2.51. The third-order valence-electron chi connectivity index (χ3n) is 5.05. The summed E-state index contributed by atoms with van der Waals surface area (Å²) in [5.41, 5.74) is 0.744. The van der Waals surface area contributed by atoms with Gasteiger partial charge in [0.25, 0.3) is 0 Å². The minimum absolute atomic E-state index is 0.401. The Morgan fingerprint density at radius 3 is 2.96 bits per heavy atom. The summed E-state index contributed by atoms with van der Waals surface area (Å²) in [7, 11) is 0. The van der Waals surface area contributed by atoms with Gasteiger partial charge in [0.05, 0.1) is 12.1 Å². The number of aliphatic imine (C=N–C) groups is 1. The van der Waals surface area contributed by atoms with Crippen LogP contribution in [0.1, 0.15) is 31.7 Å². The molecule has 1 aromatic rings. The Hall–Kier alpha value is -1.24. The summed E-state index contributed by atoms with van der Waals surface area (Å²) >= 11 is 1.82. The fourth-order valence-electron chi connectivity index (χ4n) is 3.62. The first-order valence-corrected chi connectivity index (χ1v) is 10.9. The normalized spacial score (nSPS) is 27.5. The van der Waals surface area contributed by atoms with Gasteiger partial charge >= 0.3 is 0 Å². The topological polar surface area (TPSA) is 59.9 Å². The predicted octanol–water partition coefficient (Wildman–Crippen LogP) is 2.07. The molecular formula is C20H32N4OS. The maximum absolute atomic E-state index is 10.5. The van der Waals surface area contributed by atoms with Gasteiger partial charge in [0.1, 0.15) is 0 Å². The van der Waals surface area contributed by atoms with Gasteiger partial charge in [0.2, 0.25) is 0 Å². The van der Waals surface area contributed by atoms with E-state index < -0.39 is 5.60 Å². The number of rotatable bonds is 6. The van der Waals surface area contributed by atoms with Crippen LogP contribution in [0.5, 0.6) is 0 Å². The van der Waals surface area contributed by atoms with Crippen molar-refractivity contribution in [2.24, 2.45) is 4.99 Å². The molecule has 2 saturated heterocycles. The second-order valence-electron chi connectivity index (χ2n) is 7.43. The Morgan fingerprint density at radius 2 is 2.23 bits per heavy atom. The van der Waals surface area contributed by atoms with E-state index in [-0.39, 0.29) is 0 Å². The fourth-order valence-corrected chi connectivity index (χ4v) is 4.90. The van der Waals surface area contributed by atoms with E-state index in [0.29, 0.717) is 12.6 Å². The van der Waals surface area contributed by atoms with Crippen LogP contribution in [0.2, 0.25) is 0 Å². The van der Waals surface area contributed by atoms with E-state index in [1.807, 2.05) is 11.8 Å². The van der Waals surface area contributed by atoms with Crippen molar-refractivity contribution in [3.05, 3.63) is 35.9 Å². The van der Waals surface area contributed by atoms with Crippen LogP contribution in [0.15, 0.2) is 35.3 Å². The van der Waals surface area contributed by atoms with E-state index in [2.05, 4.69) is 57.8 Å². The number of guanidine groups is 1. The number of piperidine rings is 1. The molecule has 3 rings (SSSR count). The Kier molecular flexibility index (Phi) is 7.23. The molecule has 2 fully saturated rings. The van der Waals surface area contributed by atoms with Gasteiger partial charge in [-0.1, -0.05) is 30.3 Å². The van der Waals surface area contributed by atoms with Crippen LogP contribution in [-0.4, -0.2) is 65.3 Å². The van der Waals surface area contributed by atoms with Crippen molar-refractivity contribution >= 4 is 17.7 Å². The number of nitrogens with zero attached hydrogens (tertiary/aromatic N) is 2. The summed E-state index contributed by atoms with van der Waals surface area (Å²) in [4.78, 5) is 7.20. The van der Waals surface area contributed by atoms with Crippen LogP contribution >= 0.6 is 11.8 Å². The Balaban J connectivity index is 1.54. The summed E-state index contributed by atoms with van der Waals surface area (Å²) in [6.07, 6.45) is 3.20. The average molecular weight is 377 g/mol. The van der Waals surface area contributed by atoms with Gasteiger partial charge in [0, 0.05) is 31.4 Å². The zero-order chi connectivity index (χ0) is 18.2. The van der Waals surface area contributed by atoms with Gasteiger partial charge < -0.3 is 15.7 Å². The van der Waals surface area contributed by atoms with Crippen molar-refractivity contribution in [2.75, 3.05) is 37.7 Å². The fraction of sp³-hybridized carbons (Fsp3) is 0.650. The van der Waals surface area contributed by atoms with Crippen molar-refractivity contribution < 1.29 is 5.11 Å². The third kappa shape index (κ3) is 5.89. The van der Waals surface area contributed by atoms with E-state index >= 15 is 0 Å². The molecule has 2 atom stereocenters. The highest BCUT2D eigenvalue weighted by Crippen LogP contribution is 2.27. The summed E-state index contributed by atoms with van der Waals surface area (Å²) in [6.45, 7) is 6.58. The zero-order valence-electron chi connectivity index (χ0n) is 15.8. The van der Waals surface area contributed by atoms with E-state index in [1.165, 1.54) is 12.0 Å². The van der Waals surface area contributed by atoms with Crippen LogP contribution < -0.4 is 10.6 Å². The first kappa shape index (κ1) is 19.5. The molecule has 0 amide bonds. The van der Waals surface area contributed by atoms with Gasteiger partial charge in [-0.2, -0.15) is 11.8 Å². The maximum atomic E-state index is 10.5. The van der Waals surface area contributed by atoms with E-state index in [1.54, 1.807) is 0 Å². The molecular weight excluding hydrogens is 344 g/mol. The molecule has 2 unspecified atom stereocenters. The number of aliphatic hydroxyl groups is 1. The maximum Gasteiger partial charge on any atom is 0.191 e. The minimum Gasteiger partial charge on any atom is -0.387 e. The van der Waals surface area contributed by atoms with Gasteiger partial charge in [-0.05, 0) is 44.0 Å². The number of likely N-dealkylation sites (tertiary alicyclic amines) is 1. The Morgan fingerprint density at radius 1 is 1.38 bits per heavy atom. The largest absolute Gasteiger partial charge is 0.387 e. The van der Waals surface area contributed by atoms with Gasteiger partial charge in [-0.15, -0.1) is 0 Å². The van der Waals surface area contributed by atoms with Gasteiger partial charge in [-0.25, -0.2) is 0 Å². The number of hydrogen-bond acceptors (Lipinski definition) is 4. The molecule has 2 heterocycles. The van der Waals surface area contributed by atoms with Crippen LogP contribution in [0.3, 0.4) is 0 Å². The summed E-state index contributed by atoms with van der Waals surface area (Å²) in [5, 5.41) is 17.5. The predicted molar refractivity (Wildman–Crippen MR) is 111 cm³/mol. The number of hydrogen-bond donors (Lipinski definition) is 3. The average Bonchev–Trinajstić information content (AvgIpc) is 3.08. The van der Waals surface area contributed by atoms with Crippen LogP contribution in [0.25, 0.3) is 0 Å². The number of nitrogens with one attached hydrogen (secondary N) is 2. The lowest BCUT2D eigenvalue weighted by molar-refractivity contribution is 0.0778. The lowest BCUT2D eigenvalue weighted by Gasteiger charge is -2.34. The van der Waals surface area contributed by atoms with E-state index in [9.17, 15) is 5.11 Å². The second-order valence-corrected chi connectivity index (χ2v) is 8.53. The number of thioether (sulfide) groups is 1.